The third kappa shape index (κ3) is 2.73. The second kappa shape index (κ2) is 5.53. The minimum absolute atomic E-state index is 0.115. The van der Waals surface area contributed by atoms with Crippen molar-refractivity contribution in [1.29, 1.82) is 0 Å². The van der Waals surface area contributed by atoms with Crippen LogP contribution in [0.25, 0.3) is 0 Å². The van der Waals surface area contributed by atoms with E-state index >= 15 is 0 Å². The summed E-state index contributed by atoms with van der Waals surface area (Å²) in [5, 5.41) is 0. The number of carbonyl (C=O) groups excluding carboxylic acids is 1. The van der Waals surface area contributed by atoms with Gasteiger partial charge in [0.15, 0.2) is 0 Å². The zero-order chi connectivity index (χ0) is 14.8. The van der Waals surface area contributed by atoms with Gasteiger partial charge in [-0.2, -0.15) is 0 Å². The quantitative estimate of drug-likeness (QED) is 0.627. The molecule has 7 heteroatoms. The molecule has 0 amide bonds. The highest BCUT2D eigenvalue weighted by Gasteiger charge is 2.23. The largest absolute Gasteiger partial charge is 0.465 e. The average Bonchev–Trinajstić information content (AvgIpc) is 2.88. The van der Waals surface area contributed by atoms with Gasteiger partial charge in [0.25, 0.3) is 0 Å². The van der Waals surface area contributed by atoms with Crippen LogP contribution >= 0.6 is 0 Å². The highest BCUT2D eigenvalue weighted by atomic mass is 16.5. The normalized spacial score (nSPS) is 13.0. The van der Waals surface area contributed by atoms with E-state index in [1.54, 1.807) is 0 Å². The fourth-order valence-corrected chi connectivity index (χ4v) is 2.17. The molecule has 0 spiro atoms. The van der Waals surface area contributed by atoms with Gasteiger partial charge in [0.1, 0.15) is 5.75 Å². The topological polar surface area (TPSA) is 70.5 Å². The summed E-state index contributed by atoms with van der Waals surface area (Å²) in [7, 11) is 1.31. The van der Waals surface area contributed by atoms with E-state index in [1.165, 1.54) is 25.0 Å². The molecule has 1 aromatic carbocycles. The molecule has 0 bridgehead atoms. The molecule has 0 saturated heterocycles. The molecule has 0 atom stereocenters. The fourth-order valence-electron chi connectivity index (χ4n) is 2.17. The number of hydrogen-bond acceptors (Lipinski definition) is 6. The van der Waals surface area contributed by atoms with Crippen molar-refractivity contribution in [3.63, 3.8) is 0 Å². The summed E-state index contributed by atoms with van der Waals surface area (Å²) in [6.07, 6.45) is 2.74. The molecule has 0 N–H and O–H groups in total. The number of nitrogens with zero attached hydrogens (tertiary/aromatic N) is 2. The van der Waals surface area contributed by atoms with Crippen LogP contribution in [-0.2, 0) is 16.0 Å². The Kier molecular flexibility index (Phi) is 3.58. The van der Waals surface area contributed by atoms with Crippen LogP contribution in [0.1, 0.15) is 15.9 Å². The Labute approximate surface area is 122 Å². The van der Waals surface area contributed by atoms with Crippen molar-refractivity contribution in [2.45, 2.75) is 13.4 Å². The molecule has 0 fully saturated rings. The highest BCUT2D eigenvalue weighted by molar-refractivity contribution is 6.67. The van der Waals surface area contributed by atoms with Gasteiger partial charge in [-0.15, -0.1) is 0 Å². The fraction of sp³-hybridized carbons (Fsp3) is 0.214. The van der Waals surface area contributed by atoms with Crippen LogP contribution in [0.3, 0.4) is 0 Å². The number of benzene rings is 1. The van der Waals surface area contributed by atoms with E-state index in [2.05, 4.69) is 14.7 Å². The maximum atomic E-state index is 11.3. The Bertz CT molecular complexity index is 675. The van der Waals surface area contributed by atoms with Crippen LogP contribution < -0.4 is 10.2 Å². The summed E-state index contributed by atoms with van der Waals surface area (Å²) in [4.78, 5) is 19.3. The minimum Gasteiger partial charge on any atom is -0.465 e. The van der Waals surface area contributed by atoms with Crippen LogP contribution in [-0.4, -0.2) is 30.0 Å². The first-order chi connectivity index (χ1) is 10.2. The number of ether oxygens (including phenoxy) is 2. The van der Waals surface area contributed by atoms with E-state index < -0.39 is 5.97 Å². The van der Waals surface area contributed by atoms with Gasteiger partial charge in [-0.1, -0.05) is 12.9 Å². The van der Waals surface area contributed by atoms with Crippen molar-refractivity contribution in [1.82, 2.24) is 9.97 Å². The summed E-state index contributed by atoms with van der Waals surface area (Å²) >= 11 is 0. The molecule has 3 rings (SSSR count). The monoisotopic (exact) mass is 284 g/mol. The van der Waals surface area contributed by atoms with E-state index in [1.807, 2.05) is 25.0 Å². The third-order valence-electron chi connectivity index (χ3n) is 3.30. The van der Waals surface area contributed by atoms with Crippen molar-refractivity contribution in [2.24, 2.45) is 0 Å². The van der Waals surface area contributed by atoms with Crippen molar-refractivity contribution >= 4 is 18.3 Å². The van der Waals surface area contributed by atoms with Crippen LogP contribution in [0.4, 0.5) is 0 Å². The lowest BCUT2D eigenvalue weighted by atomic mass is 9.64. The molecule has 0 saturated carbocycles. The minimum atomic E-state index is -0.481. The third-order valence-corrected chi connectivity index (χ3v) is 3.30. The molecule has 1 aliphatic rings. The number of aromatic nitrogens is 2. The maximum Gasteiger partial charge on any atom is 0.341 e. The van der Waals surface area contributed by atoms with Gasteiger partial charge in [0.2, 0.25) is 0 Å². The number of rotatable bonds is 3. The van der Waals surface area contributed by atoms with Crippen molar-refractivity contribution in [2.75, 3.05) is 7.11 Å². The lowest BCUT2D eigenvalue weighted by Crippen LogP contribution is -2.23. The number of carbonyl (C=O) groups is 1. The zero-order valence-corrected chi connectivity index (χ0v) is 11.7. The van der Waals surface area contributed by atoms with Crippen molar-refractivity contribution in [3.8, 4) is 11.8 Å². The van der Waals surface area contributed by atoms with Crippen LogP contribution in [0, 0.1) is 0 Å². The lowest BCUT2D eigenvalue weighted by molar-refractivity contribution is 0.0599. The first kappa shape index (κ1) is 13.6. The molecule has 106 valence electrons. The molecule has 1 aromatic heterocycles. The van der Waals surface area contributed by atoms with Crippen LogP contribution in [0.15, 0.2) is 30.6 Å². The van der Waals surface area contributed by atoms with Crippen molar-refractivity contribution < 1.29 is 18.9 Å². The van der Waals surface area contributed by atoms with Gasteiger partial charge in [0.05, 0.1) is 19.3 Å². The number of fused-ring (bicyclic) bond motifs is 1. The maximum absolute atomic E-state index is 11.3. The number of esters is 1. The molecule has 2 aromatic rings. The summed E-state index contributed by atoms with van der Waals surface area (Å²) in [5.41, 5.74) is 2.55. The smallest absolute Gasteiger partial charge is 0.341 e. The first-order valence-electron chi connectivity index (χ1n) is 6.50. The molecule has 6 nitrogen and oxygen atoms in total. The summed E-state index contributed by atoms with van der Waals surface area (Å²) < 4.78 is 15.7. The lowest BCUT2D eigenvalue weighted by Gasteiger charge is -2.06. The molecule has 0 aliphatic carbocycles. The SMILES string of the molecule is COC(=O)c1cnc(Oc2ccc3c(c2)COB3C)nc1. The predicted molar refractivity (Wildman–Crippen MR) is 75.9 cm³/mol. The summed E-state index contributed by atoms with van der Waals surface area (Å²) in [6.45, 7) is 2.71. The molecule has 21 heavy (non-hydrogen) atoms. The van der Waals surface area contributed by atoms with E-state index in [9.17, 15) is 4.79 Å². The Morgan fingerprint density at radius 2 is 2.10 bits per heavy atom. The Balaban J connectivity index is 1.76. The van der Waals surface area contributed by atoms with Gasteiger partial charge < -0.3 is 14.1 Å². The average molecular weight is 284 g/mol. The summed E-state index contributed by atoms with van der Waals surface area (Å²) in [6, 6.07) is 5.91. The van der Waals surface area contributed by atoms with Crippen molar-refractivity contribution in [3.05, 3.63) is 41.7 Å². The standard InChI is InChI=1S/C14H13BN2O4/c1-15-12-4-3-11(5-9(12)8-20-15)21-14-16-6-10(7-17-14)13(18)19-2/h3-7H,8H2,1-2H3. The second-order valence-electron chi connectivity index (χ2n) is 4.66. The van der Waals surface area contributed by atoms with Gasteiger partial charge in [0, 0.05) is 12.4 Å². The van der Waals surface area contributed by atoms with Gasteiger partial charge in [-0.25, -0.2) is 14.8 Å². The van der Waals surface area contributed by atoms with E-state index in [0.717, 1.165) is 5.56 Å². The van der Waals surface area contributed by atoms with E-state index in [0.29, 0.717) is 12.4 Å². The Morgan fingerprint density at radius 3 is 2.81 bits per heavy atom. The number of methoxy groups -OCH3 is 1. The second-order valence-corrected chi connectivity index (χ2v) is 4.66. The van der Waals surface area contributed by atoms with Gasteiger partial charge in [-0.05, 0) is 23.2 Å². The Hall–Kier alpha value is -2.41. The summed E-state index contributed by atoms with van der Waals surface area (Å²) in [5.74, 6) is 0.155. The molecular formula is C14H13BN2O4. The van der Waals surface area contributed by atoms with Crippen LogP contribution in [0.5, 0.6) is 11.8 Å². The zero-order valence-electron chi connectivity index (χ0n) is 11.7. The molecule has 0 unspecified atom stereocenters. The van der Waals surface area contributed by atoms with Crippen LogP contribution in [0.2, 0.25) is 6.82 Å². The first-order valence-corrected chi connectivity index (χ1v) is 6.50. The van der Waals surface area contributed by atoms with Gasteiger partial charge >= 0.3 is 18.9 Å². The molecule has 1 aliphatic heterocycles. The van der Waals surface area contributed by atoms with E-state index in [-0.39, 0.29) is 18.5 Å². The molecular weight excluding hydrogens is 271 g/mol. The predicted octanol–water partition coefficient (Wildman–Crippen LogP) is 1.41. The highest BCUT2D eigenvalue weighted by Crippen LogP contribution is 2.21. The molecule has 0 radical (unpaired) electrons. The van der Waals surface area contributed by atoms with E-state index in [4.69, 9.17) is 9.39 Å². The molecule has 2 heterocycles. The Morgan fingerprint density at radius 1 is 1.33 bits per heavy atom. The van der Waals surface area contributed by atoms with Gasteiger partial charge in [-0.3, -0.25) is 0 Å². The number of hydrogen-bond donors (Lipinski definition) is 0.